The zero-order valence-corrected chi connectivity index (χ0v) is 15.5. The number of hydrogen-bond donors (Lipinski definition) is 0. The number of fused-ring (bicyclic) bond motifs is 1. The van der Waals surface area contributed by atoms with Crippen molar-refractivity contribution in [3.63, 3.8) is 0 Å². The van der Waals surface area contributed by atoms with Crippen LogP contribution < -0.4 is 4.90 Å². The van der Waals surface area contributed by atoms with Crippen molar-refractivity contribution in [3.8, 4) is 11.1 Å². The molecule has 1 unspecified atom stereocenters. The van der Waals surface area contributed by atoms with Crippen LogP contribution in [0, 0.1) is 0 Å². The van der Waals surface area contributed by atoms with E-state index in [9.17, 15) is 8.78 Å². The number of alkyl halides is 2. The minimum atomic E-state index is -2.73. The van der Waals surface area contributed by atoms with Gasteiger partial charge in [0.05, 0.1) is 6.04 Å². The number of nitrogens with zero attached hydrogens (tertiary/aromatic N) is 5. The van der Waals surface area contributed by atoms with Crippen LogP contribution in [0.25, 0.3) is 16.8 Å². The van der Waals surface area contributed by atoms with E-state index in [4.69, 9.17) is 0 Å². The Morgan fingerprint density at radius 3 is 2.21 bits per heavy atom. The van der Waals surface area contributed by atoms with E-state index in [0.29, 0.717) is 11.5 Å². The SMILES string of the molecule is CC(c1ccc(-c2ccccc2)cc1)N(C)c1ccc2nnc(C(F)F)n2n1. The molecule has 0 aliphatic heterocycles. The Balaban J connectivity index is 1.60. The number of rotatable bonds is 5. The van der Waals surface area contributed by atoms with Crippen LogP contribution in [0.5, 0.6) is 0 Å². The van der Waals surface area contributed by atoms with Gasteiger partial charge in [-0.05, 0) is 35.7 Å². The molecule has 2 aromatic carbocycles. The highest BCUT2D eigenvalue weighted by Gasteiger charge is 2.19. The van der Waals surface area contributed by atoms with E-state index >= 15 is 0 Å². The second kappa shape index (κ2) is 7.34. The Morgan fingerprint density at radius 1 is 0.857 bits per heavy atom. The summed E-state index contributed by atoms with van der Waals surface area (Å²) in [6.45, 7) is 2.05. The number of halogens is 2. The van der Waals surface area contributed by atoms with E-state index in [-0.39, 0.29) is 6.04 Å². The second-order valence-corrected chi connectivity index (χ2v) is 6.60. The predicted molar refractivity (Wildman–Crippen MR) is 104 cm³/mol. The maximum Gasteiger partial charge on any atom is 0.299 e. The first-order chi connectivity index (χ1) is 13.5. The molecule has 0 radical (unpaired) electrons. The number of hydrogen-bond acceptors (Lipinski definition) is 4. The molecule has 7 heteroatoms. The molecule has 1 atom stereocenters. The van der Waals surface area contributed by atoms with Gasteiger partial charge in [-0.15, -0.1) is 15.3 Å². The van der Waals surface area contributed by atoms with E-state index in [1.165, 1.54) is 0 Å². The molecule has 0 aliphatic carbocycles. The summed E-state index contributed by atoms with van der Waals surface area (Å²) in [6.07, 6.45) is -2.73. The summed E-state index contributed by atoms with van der Waals surface area (Å²) in [5.41, 5.74) is 3.70. The molecule has 0 saturated carbocycles. The van der Waals surface area contributed by atoms with Gasteiger partial charge in [0.15, 0.2) is 5.65 Å². The number of aromatic nitrogens is 4. The van der Waals surface area contributed by atoms with Gasteiger partial charge in [0.1, 0.15) is 5.82 Å². The van der Waals surface area contributed by atoms with Crippen LogP contribution in [-0.2, 0) is 0 Å². The van der Waals surface area contributed by atoms with Gasteiger partial charge in [0.25, 0.3) is 6.43 Å². The van der Waals surface area contributed by atoms with Crippen molar-refractivity contribution in [1.82, 2.24) is 19.8 Å². The van der Waals surface area contributed by atoms with Gasteiger partial charge in [-0.1, -0.05) is 54.6 Å². The van der Waals surface area contributed by atoms with Crippen molar-refractivity contribution in [2.75, 3.05) is 11.9 Å². The third-order valence-corrected chi connectivity index (χ3v) is 4.91. The standard InChI is InChI=1S/C21H19F2N5/c1-14(15-8-10-17(11-9-15)16-6-4-3-5-7-16)27(2)19-13-12-18-24-25-21(20(22)23)28(18)26-19/h3-14,20H,1-2H3. The molecular weight excluding hydrogens is 360 g/mol. The van der Waals surface area contributed by atoms with Crippen molar-refractivity contribution in [3.05, 3.63) is 78.1 Å². The first-order valence-corrected chi connectivity index (χ1v) is 8.93. The minimum absolute atomic E-state index is 0.00116. The smallest absolute Gasteiger partial charge is 0.299 e. The topological polar surface area (TPSA) is 46.3 Å². The molecule has 2 heterocycles. The Morgan fingerprint density at radius 2 is 1.54 bits per heavy atom. The molecule has 142 valence electrons. The van der Waals surface area contributed by atoms with Gasteiger partial charge in [-0.3, -0.25) is 0 Å². The maximum absolute atomic E-state index is 13.1. The summed E-state index contributed by atoms with van der Waals surface area (Å²) in [4.78, 5) is 1.94. The quantitative estimate of drug-likeness (QED) is 0.493. The monoisotopic (exact) mass is 379 g/mol. The van der Waals surface area contributed by atoms with Crippen LogP contribution in [-0.4, -0.2) is 26.9 Å². The van der Waals surface area contributed by atoms with Crippen LogP contribution in [0.3, 0.4) is 0 Å². The summed E-state index contributed by atoms with van der Waals surface area (Å²) in [5, 5.41) is 11.6. The van der Waals surface area contributed by atoms with Crippen LogP contribution in [0.2, 0.25) is 0 Å². The van der Waals surface area contributed by atoms with Crippen LogP contribution >= 0.6 is 0 Å². The fourth-order valence-corrected chi connectivity index (χ4v) is 3.13. The highest BCUT2D eigenvalue weighted by molar-refractivity contribution is 5.63. The predicted octanol–water partition coefficient (Wildman–Crippen LogP) is 4.93. The van der Waals surface area contributed by atoms with Crippen molar-refractivity contribution in [2.45, 2.75) is 19.4 Å². The molecule has 0 amide bonds. The average molecular weight is 379 g/mol. The zero-order valence-electron chi connectivity index (χ0n) is 15.5. The van der Waals surface area contributed by atoms with Gasteiger partial charge in [0, 0.05) is 7.05 Å². The highest BCUT2D eigenvalue weighted by Crippen LogP contribution is 2.27. The molecule has 0 bridgehead atoms. The fourth-order valence-electron chi connectivity index (χ4n) is 3.13. The lowest BCUT2D eigenvalue weighted by Crippen LogP contribution is -2.23. The fraction of sp³-hybridized carbons (Fsp3) is 0.190. The zero-order chi connectivity index (χ0) is 19.7. The van der Waals surface area contributed by atoms with Gasteiger partial charge >= 0.3 is 0 Å². The number of benzene rings is 2. The van der Waals surface area contributed by atoms with E-state index in [2.05, 4.69) is 51.7 Å². The van der Waals surface area contributed by atoms with Crippen LogP contribution in [0.4, 0.5) is 14.6 Å². The van der Waals surface area contributed by atoms with Gasteiger partial charge in [-0.2, -0.15) is 4.52 Å². The molecule has 0 spiro atoms. The second-order valence-electron chi connectivity index (χ2n) is 6.60. The molecule has 0 aliphatic rings. The molecule has 4 rings (SSSR count). The van der Waals surface area contributed by atoms with E-state index in [1.54, 1.807) is 12.1 Å². The molecule has 5 nitrogen and oxygen atoms in total. The Bertz CT molecular complexity index is 1080. The molecule has 0 fully saturated rings. The van der Waals surface area contributed by atoms with Crippen LogP contribution in [0.1, 0.15) is 30.8 Å². The van der Waals surface area contributed by atoms with E-state index < -0.39 is 12.2 Å². The van der Waals surface area contributed by atoms with Crippen LogP contribution in [0.15, 0.2) is 66.7 Å². The summed E-state index contributed by atoms with van der Waals surface area (Å²) in [5.74, 6) is 0.110. The Labute approximate surface area is 161 Å². The molecule has 0 N–H and O–H groups in total. The lowest BCUT2D eigenvalue weighted by atomic mass is 10.0. The van der Waals surface area contributed by atoms with E-state index in [1.807, 2.05) is 37.1 Å². The first-order valence-electron chi connectivity index (χ1n) is 8.93. The first kappa shape index (κ1) is 18.0. The van der Waals surface area contributed by atoms with Crippen molar-refractivity contribution < 1.29 is 8.78 Å². The average Bonchev–Trinajstić information content (AvgIpc) is 3.17. The molecule has 28 heavy (non-hydrogen) atoms. The van der Waals surface area contributed by atoms with Gasteiger partial charge in [0.2, 0.25) is 5.82 Å². The Hall–Kier alpha value is -3.35. The van der Waals surface area contributed by atoms with Gasteiger partial charge < -0.3 is 4.90 Å². The molecule has 0 saturated heterocycles. The lowest BCUT2D eigenvalue weighted by molar-refractivity contribution is 0.137. The summed E-state index contributed by atoms with van der Waals surface area (Å²) < 4.78 is 27.3. The van der Waals surface area contributed by atoms with Crippen molar-refractivity contribution in [2.24, 2.45) is 0 Å². The van der Waals surface area contributed by atoms with Crippen molar-refractivity contribution in [1.29, 1.82) is 0 Å². The normalized spacial score (nSPS) is 12.5. The van der Waals surface area contributed by atoms with Gasteiger partial charge in [-0.25, -0.2) is 8.78 Å². The minimum Gasteiger partial charge on any atom is -0.351 e. The lowest BCUT2D eigenvalue weighted by Gasteiger charge is -2.26. The summed E-state index contributed by atoms with van der Waals surface area (Å²) in [7, 11) is 1.89. The third-order valence-electron chi connectivity index (χ3n) is 4.91. The summed E-state index contributed by atoms with van der Waals surface area (Å²) >= 11 is 0. The highest BCUT2D eigenvalue weighted by atomic mass is 19.3. The maximum atomic E-state index is 13.1. The Kier molecular flexibility index (Phi) is 4.73. The summed E-state index contributed by atoms with van der Waals surface area (Å²) in [6, 6.07) is 21.9. The van der Waals surface area contributed by atoms with E-state index in [0.717, 1.165) is 21.2 Å². The third kappa shape index (κ3) is 3.31. The molecule has 4 aromatic rings. The molecule has 2 aromatic heterocycles. The van der Waals surface area contributed by atoms with Crippen molar-refractivity contribution >= 4 is 11.5 Å². The molecular formula is C21H19F2N5. The number of anilines is 1. The largest absolute Gasteiger partial charge is 0.351 e.